The lowest BCUT2D eigenvalue weighted by Crippen LogP contribution is -2.44. The molecule has 0 unspecified atom stereocenters. The second-order valence-electron chi connectivity index (χ2n) is 9.72. The van der Waals surface area contributed by atoms with Gasteiger partial charge < -0.3 is 15.0 Å². The molecule has 190 valence electrons. The highest BCUT2D eigenvalue weighted by Gasteiger charge is 2.27. The summed E-state index contributed by atoms with van der Waals surface area (Å²) in [6, 6.07) is 23.1. The van der Waals surface area contributed by atoms with E-state index in [-0.39, 0.29) is 36.8 Å². The zero-order chi connectivity index (χ0) is 25.8. The number of piperidine rings is 1. The van der Waals surface area contributed by atoms with Gasteiger partial charge in [0.25, 0.3) is 11.8 Å². The average molecular weight is 498 g/mol. The van der Waals surface area contributed by atoms with Crippen LogP contribution in [-0.4, -0.2) is 48.2 Å². The SMILES string of the molecule is CC(=O)c1ccc2c(c1)N(Cc1cccc(C(=O)NC3CCN(Cc4ccccc4)CC3)c1)C(=O)CO2. The maximum absolute atomic E-state index is 13.0. The molecule has 0 bridgehead atoms. The van der Waals surface area contributed by atoms with Gasteiger partial charge in [-0.05, 0) is 61.2 Å². The molecule has 5 rings (SSSR count). The fourth-order valence-electron chi connectivity index (χ4n) is 4.93. The molecule has 1 fully saturated rings. The third kappa shape index (κ3) is 5.89. The number of hydrogen-bond donors (Lipinski definition) is 1. The van der Waals surface area contributed by atoms with Crippen LogP contribution in [0.25, 0.3) is 0 Å². The summed E-state index contributed by atoms with van der Waals surface area (Å²) in [7, 11) is 0. The number of hydrogen-bond acceptors (Lipinski definition) is 5. The van der Waals surface area contributed by atoms with Crippen LogP contribution in [0.3, 0.4) is 0 Å². The summed E-state index contributed by atoms with van der Waals surface area (Å²) in [5, 5.41) is 3.19. The molecule has 0 aromatic heterocycles. The van der Waals surface area contributed by atoms with Gasteiger partial charge in [0.2, 0.25) is 0 Å². The highest BCUT2D eigenvalue weighted by atomic mass is 16.5. The number of Topliss-reactive ketones (excluding diaryl/α,β-unsaturated/α-hetero) is 1. The second-order valence-corrected chi connectivity index (χ2v) is 9.72. The summed E-state index contributed by atoms with van der Waals surface area (Å²) in [5.41, 5.74) is 3.80. The van der Waals surface area contributed by atoms with Gasteiger partial charge in [0, 0.05) is 36.8 Å². The van der Waals surface area contributed by atoms with Crippen molar-refractivity contribution in [1.29, 1.82) is 0 Å². The number of amides is 2. The summed E-state index contributed by atoms with van der Waals surface area (Å²) in [6.07, 6.45) is 1.83. The van der Waals surface area contributed by atoms with E-state index in [0.717, 1.165) is 38.0 Å². The first-order valence-electron chi connectivity index (χ1n) is 12.7. The van der Waals surface area contributed by atoms with Gasteiger partial charge >= 0.3 is 0 Å². The molecule has 7 heteroatoms. The van der Waals surface area contributed by atoms with Gasteiger partial charge in [0.1, 0.15) is 5.75 Å². The molecule has 1 saturated heterocycles. The fraction of sp³-hybridized carbons (Fsp3) is 0.300. The zero-order valence-electron chi connectivity index (χ0n) is 21.0. The Hall–Kier alpha value is -3.97. The van der Waals surface area contributed by atoms with E-state index in [0.29, 0.717) is 22.6 Å². The van der Waals surface area contributed by atoms with Crippen molar-refractivity contribution < 1.29 is 19.1 Å². The molecule has 3 aromatic carbocycles. The molecule has 1 N–H and O–H groups in total. The Bertz CT molecular complexity index is 1300. The molecule has 0 saturated carbocycles. The first-order chi connectivity index (χ1) is 18.0. The molecule has 2 heterocycles. The average Bonchev–Trinajstić information content (AvgIpc) is 2.92. The molecule has 3 aromatic rings. The summed E-state index contributed by atoms with van der Waals surface area (Å²) >= 11 is 0. The van der Waals surface area contributed by atoms with Crippen LogP contribution in [-0.2, 0) is 17.9 Å². The molecule has 0 aliphatic carbocycles. The number of likely N-dealkylation sites (tertiary alicyclic amines) is 1. The molecule has 0 spiro atoms. The number of benzene rings is 3. The van der Waals surface area contributed by atoms with E-state index >= 15 is 0 Å². The Labute approximate surface area is 217 Å². The largest absolute Gasteiger partial charge is 0.482 e. The smallest absolute Gasteiger partial charge is 0.265 e. The van der Waals surface area contributed by atoms with E-state index in [1.807, 2.05) is 24.3 Å². The Morgan fingerprint density at radius 3 is 2.41 bits per heavy atom. The number of rotatable bonds is 7. The molecule has 0 radical (unpaired) electrons. The van der Waals surface area contributed by atoms with Gasteiger partial charge in [-0.2, -0.15) is 0 Å². The van der Waals surface area contributed by atoms with E-state index < -0.39 is 0 Å². The van der Waals surface area contributed by atoms with E-state index in [9.17, 15) is 14.4 Å². The summed E-state index contributed by atoms with van der Waals surface area (Å²) < 4.78 is 5.56. The van der Waals surface area contributed by atoms with Crippen LogP contribution in [0, 0.1) is 0 Å². The van der Waals surface area contributed by atoms with Crippen molar-refractivity contribution in [2.24, 2.45) is 0 Å². The summed E-state index contributed by atoms with van der Waals surface area (Å²) in [5.74, 6) is 0.198. The monoisotopic (exact) mass is 497 g/mol. The number of carbonyl (C=O) groups excluding carboxylic acids is 3. The van der Waals surface area contributed by atoms with E-state index in [1.165, 1.54) is 12.5 Å². The Balaban J connectivity index is 1.21. The molecule has 2 aliphatic heterocycles. The van der Waals surface area contributed by atoms with Crippen LogP contribution in [0.4, 0.5) is 5.69 Å². The van der Waals surface area contributed by atoms with Gasteiger partial charge in [-0.1, -0.05) is 42.5 Å². The zero-order valence-corrected chi connectivity index (χ0v) is 21.0. The Kier molecular flexibility index (Phi) is 7.32. The van der Waals surface area contributed by atoms with Crippen molar-refractivity contribution in [3.63, 3.8) is 0 Å². The predicted molar refractivity (Wildman–Crippen MR) is 142 cm³/mol. The maximum atomic E-state index is 13.0. The minimum absolute atomic E-state index is 0.0600. The molecule has 37 heavy (non-hydrogen) atoms. The van der Waals surface area contributed by atoms with Gasteiger partial charge in [-0.3, -0.25) is 19.3 Å². The van der Waals surface area contributed by atoms with Crippen LogP contribution in [0.5, 0.6) is 5.75 Å². The molecule has 0 atom stereocenters. The number of carbonyl (C=O) groups is 3. The predicted octanol–water partition coefficient (Wildman–Crippen LogP) is 4.21. The highest BCUT2D eigenvalue weighted by molar-refractivity contribution is 6.01. The van der Waals surface area contributed by atoms with Gasteiger partial charge in [0.15, 0.2) is 12.4 Å². The maximum Gasteiger partial charge on any atom is 0.265 e. The molecular formula is C30H31N3O4. The van der Waals surface area contributed by atoms with Crippen LogP contribution in [0.2, 0.25) is 0 Å². The minimum Gasteiger partial charge on any atom is -0.482 e. The molecular weight excluding hydrogens is 466 g/mol. The third-order valence-corrected chi connectivity index (χ3v) is 7.01. The molecule has 2 amide bonds. The number of anilines is 1. The standard InChI is InChI=1S/C30H31N3O4/c1-21(34)24-10-11-28-27(17-24)33(29(35)20-37-28)19-23-8-5-9-25(16-23)30(36)31-26-12-14-32(15-13-26)18-22-6-3-2-4-7-22/h2-11,16-17,26H,12-15,18-20H2,1H3,(H,31,36). The first kappa shape index (κ1) is 24.7. The summed E-state index contributed by atoms with van der Waals surface area (Å²) in [6.45, 7) is 4.54. The normalized spacial score (nSPS) is 16.1. The van der Waals surface area contributed by atoms with Crippen molar-refractivity contribution in [3.05, 3.63) is 95.1 Å². The van der Waals surface area contributed by atoms with E-state index in [1.54, 1.807) is 29.2 Å². The van der Waals surface area contributed by atoms with Crippen LogP contribution in [0.15, 0.2) is 72.8 Å². The van der Waals surface area contributed by atoms with Crippen molar-refractivity contribution in [2.75, 3.05) is 24.6 Å². The van der Waals surface area contributed by atoms with Crippen LogP contribution < -0.4 is 15.0 Å². The van der Waals surface area contributed by atoms with Crippen LogP contribution in [0.1, 0.15) is 51.6 Å². The number of nitrogens with zero attached hydrogens (tertiary/aromatic N) is 2. The lowest BCUT2D eigenvalue weighted by atomic mass is 10.0. The number of fused-ring (bicyclic) bond motifs is 1. The minimum atomic E-state index is -0.190. The summed E-state index contributed by atoms with van der Waals surface area (Å²) in [4.78, 5) is 41.7. The lowest BCUT2D eigenvalue weighted by Gasteiger charge is -2.32. The highest BCUT2D eigenvalue weighted by Crippen LogP contribution is 2.34. The van der Waals surface area contributed by atoms with Crippen molar-refractivity contribution in [3.8, 4) is 5.75 Å². The molecule has 2 aliphatic rings. The van der Waals surface area contributed by atoms with Crippen molar-refractivity contribution in [1.82, 2.24) is 10.2 Å². The van der Waals surface area contributed by atoms with Crippen molar-refractivity contribution >= 4 is 23.3 Å². The van der Waals surface area contributed by atoms with Gasteiger partial charge in [0.05, 0.1) is 12.2 Å². The van der Waals surface area contributed by atoms with Crippen molar-refractivity contribution in [2.45, 2.75) is 38.9 Å². The first-order valence-corrected chi connectivity index (χ1v) is 12.7. The number of ketones is 1. The topological polar surface area (TPSA) is 79.0 Å². The van der Waals surface area contributed by atoms with Gasteiger partial charge in [-0.25, -0.2) is 0 Å². The van der Waals surface area contributed by atoms with Gasteiger partial charge in [-0.15, -0.1) is 0 Å². The fourth-order valence-corrected chi connectivity index (χ4v) is 4.93. The quantitative estimate of drug-likeness (QED) is 0.495. The lowest BCUT2D eigenvalue weighted by molar-refractivity contribution is -0.121. The number of nitrogens with one attached hydrogen (secondary N) is 1. The van der Waals surface area contributed by atoms with E-state index in [4.69, 9.17) is 4.74 Å². The van der Waals surface area contributed by atoms with E-state index in [2.05, 4.69) is 34.5 Å². The third-order valence-electron chi connectivity index (χ3n) is 7.01. The Morgan fingerprint density at radius 1 is 0.892 bits per heavy atom. The second kappa shape index (κ2) is 11.0. The van der Waals surface area contributed by atoms with Crippen LogP contribution >= 0.6 is 0 Å². The number of ether oxygens (including phenoxy) is 1. The molecule has 7 nitrogen and oxygen atoms in total. The Morgan fingerprint density at radius 2 is 1.65 bits per heavy atom.